The molecule has 3 aliphatic rings. The van der Waals surface area contributed by atoms with Gasteiger partial charge >= 0.3 is 0 Å². The van der Waals surface area contributed by atoms with Gasteiger partial charge in [-0.1, -0.05) is 0 Å². The molecule has 0 unspecified atom stereocenters. The highest BCUT2D eigenvalue weighted by molar-refractivity contribution is 4.98. The van der Waals surface area contributed by atoms with Crippen LogP contribution in [-0.4, -0.2) is 153 Å². The van der Waals surface area contributed by atoms with Crippen LogP contribution in [0.2, 0.25) is 0 Å². The van der Waals surface area contributed by atoms with Gasteiger partial charge < -0.3 is 81.7 Å². The van der Waals surface area contributed by atoms with Crippen LogP contribution in [0.3, 0.4) is 0 Å². The second-order valence-electron chi connectivity index (χ2n) is 8.59. The predicted octanol–water partition coefficient (Wildman–Crippen LogP) is -7.67. The first-order valence-corrected chi connectivity index (χ1v) is 10.8. The molecule has 200 valence electrons. The second-order valence-corrected chi connectivity index (χ2v) is 8.59. The number of rotatable bonds is 7. The van der Waals surface area contributed by atoms with Crippen LogP contribution in [0.4, 0.5) is 0 Å². The van der Waals surface area contributed by atoms with Gasteiger partial charge in [0.15, 0.2) is 18.9 Å². The van der Waals surface area contributed by atoms with Crippen LogP contribution < -0.4 is 17.2 Å². The van der Waals surface area contributed by atoms with E-state index in [-0.39, 0.29) is 0 Å². The Balaban J connectivity index is 1.72. The first kappa shape index (κ1) is 27.9. The van der Waals surface area contributed by atoms with E-state index >= 15 is 0 Å². The number of aliphatic hydroxyl groups is 8. The molecule has 3 saturated heterocycles. The van der Waals surface area contributed by atoms with Gasteiger partial charge in [0.2, 0.25) is 0 Å². The molecule has 0 radical (unpaired) electrons. The Labute approximate surface area is 194 Å². The Hall–Kier alpha value is -0.640. The summed E-state index contributed by atoms with van der Waals surface area (Å²) in [6.07, 6.45) is -16.8. The Morgan fingerprint density at radius 2 is 0.941 bits per heavy atom. The van der Waals surface area contributed by atoms with Crippen molar-refractivity contribution < 1.29 is 64.5 Å². The van der Waals surface area contributed by atoms with Crippen LogP contribution in [0.1, 0.15) is 0 Å². The molecule has 14 N–H and O–H groups in total. The smallest absolute Gasteiger partial charge is 0.176 e. The van der Waals surface area contributed by atoms with Gasteiger partial charge in [-0.15, -0.1) is 0 Å². The largest absolute Gasteiger partial charge is 0.394 e. The van der Waals surface area contributed by atoms with Gasteiger partial charge in [0.05, 0.1) is 37.9 Å². The molecule has 15 atom stereocenters. The van der Waals surface area contributed by atoms with Crippen LogP contribution in [0, 0.1) is 0 Å². The van der Waals surface area contributed by atoms with E-state index in [2.05, 4.69) is 0 Å². The fourth-order valence-electron chi connectivity index (χ4n) is 4.18. The molecule has 0 aromatic rings. The van der Waals surface area contributed by atoms with Crippen molar-refractivity contribution in [1.29, 1.82) is 0 Å². The van der Waals surface area contributed by atoms with Crippen LogP contribution >= 0.6 is 0 Å². The summed E-state index contributed by atoms with van der Waals surface area (Å²) < 4.78 is 27.4. The average Bonchev–Trinajstić information content (AvgIpc) is 2.83. The first-order valence-electron chi connectivity index (χ1n) is 10.8. The van der Waals surface area contributed by atoms with Gasteiger partial charge in [-0.05, 0) is 0 Å². The standard InChI is InChI=1S/C18H35N3O13/c19-7-12(27)14(5(2-23)30-16(7)29)33-18-9(21)13(28)15(6(3-24)32-18)34-17-8(20)11(26)10(25)4(1-22)31-17/h4-18,22-29H,1-3,19-21H2/t4-,5-,6-,7-,8-,9-,10-,11-,12-,13-,14+,15-,16-,17+,18+/m1/s1. The van der Waals surface area contributed by atoms with Crippen LogP contribution in [0.5, 0.6) is 0 Å². The third-order valence-electron chi connectivity index (χ3n) is 6.33. The number of nitrogens with two attached hydrogens (primary N) is 3. The molecule has 16 nitrogen and oxygen atoms in total. The molecule has 0 aliphatic carbocycles. The van der Waals surface area contributed by atoms with Gasteiger partial charge in [0, 0.05) is 0 Å². The molecule has 0 saturated carbocycles. The van der Waals surface area contributed by atoms with E-state index in [0.29, 0.717) is 0 Å². The van der Waals surface area contributed by atoms with E-state index in [1.807, 2.05) is 0 Å². The average molecular weight is 501 g/mol. The molecule has 3 fully saturated rings. The van der Waals surface area contributed by atoms with Gasteiger partial charge in [-0.2, -0.15) is 0 Å². The fourth-order valence-corrected chi connectivity index (χ4v) is 4.18. The molecule has 0 aromatic heterocycles. The van der Waals surface area contributed by atoms with Crippen molar-refractivity contribution in [1.82, 2.24) is 0 Å². The van der Waals surface area contributed by atoms with E-state index in [9.17, 15) is 40.9 Å². The Morgan fingerprint density at radius 3 is 1.44 bits per heavy atom. The van der Waals surface area contributed by atoms with Crippen LogP contribution in [0.25, 0.3) is 0 Å². The lowest BCUT2D eigenvalue weighted by atomic mass is 9.94. The normalized spacial score (nSPS) is 52.5. The van der Waals surface area contributed by atoms with E-state index in [1.54, 1.807) is 0 Å². The molecular weight excluding hydrogens is 466 g/mol. The van der Waals surface area contributed by atoms with Crippen molar-refractivity contribution in [2.45, 2.75) is 91.9 Å². The molecule has 0 amide bonds. The molecule has 0 aromatic carbocycles. The summed E-state index contributed by atoms with van der Waals surface area (Å²) in [6.45, 7) is -2.00. The first-order chi connectivity index (χ1) is 16.0. The summed E-state index contributed by atoms with van der Waals surface area (Å²) in [5.41, 5.74) is 17.6. The highest BCUT2D eigenvalue weighted by Gasteiger charge is 2.52. The van der Waals surface area contributed by atoms with Gasteiger partial charge in [-0.3, -0.25) is 0 Å². The third-order valence-corrected chi connectivity index (χ3v) is 6.33. The van der Waals surface area contributed by atoms with Gasteiger partial charge in [-0.25, -0.2) is 0 Å². The number of hydrogen-bond donors (Lipinski definition) is 11. The SMILES string of the molecule is N[C@@H]1[C@@H](O)[C@@H](O[C@@H]2O[C@H](CO)[C@@H](O[C@@H]3O[C@H](CO)[C@@H](O)[C@H](O)[C@H]3N)[C@H](O)[C@H]2N)[C@@H](CO)O[C@H]1O. The van der Waals surface area contributed by atoms with E-state index in [4.69, 9.17) is 40.9 Å². The number of ether oxygens (including phenoxy) is 5. The topological polar surface area (TPSA) is 286 Å². The Kier molecular flexibility index (Phi) is 9.54. The summed E-state index contributed by atoms with van der Waals surface area (Å²) in [4.78, 5) is 0. The van der Waals surface area contributed by atoms with Crippen molar-refractivity contribution in [2.24, 2.45) is 17.2 Å². The zero-order valence-corrected chi connectivity index (χ0v) is 18.1. The second kappa shape index (κ2) is 11.6. The monoisotopic (exact) mass is 501 g/mol. The summed E-state index contributed by atoms with van der Waals surface area (Å²) in [6, 6.07) is -3.87. The molecule has 3 aliphatic heterocycles. The van der Waals surface area contributed by atoms with Crippen molar-refractivity contribution in [3.05, 3.63) is 0 Å². The zero-order chi connectivity index (χ0) is 25.3. The number of hydrogen-bond acceptors (Lipinski definition) is 16. The molecule has 0 bridgehead atoms. The van der Waals surface area contributed by atoms with Gasteiger partial charge in [0.25, 0.3) is 0 Å². The van der Waals surface area contributed by atoms with E-state index < -0.39 is 112 Å². The van der Waals surface area contributed by atoms with E-state index in [1.165, 1.54) is 0 Å². The zero-order valence-electron chi connectivity index (χ0n) is 18.1. The molecular formula is C18H35N3O13. The van der Waals surface area contributed by atoms with Crippen molar-refractivity contribution >= 4 is 0 Å². The minimum atomic E-state index is -1.56. The van der Waals surface area contributed by atoms with Crippen LogP contribution in [-0.2, 0) is 23.7 Å². The van der Waals surface area contributed by atoms with Gasteiger partial charge in [0.1, 0.15) is 54.9 Å². The minimum absolute atomic E-state index is 0.651. The minimum Gasteiger partial charge on any atom is -0.394 e. The summed E-state index contributed by atoms with van der Waals surface area (Å²) >= 11 is 0. The maximum absolute atomic E-state index is 10.8. The van der Waals surface area contributed by atoms with Crippen molar-refractivity contribution in [2.75, 3.05) is 19.8 Å². The fraction of sp³-hybridized carbons (Fsp3) is 1.00. The highest BCUT2D eigenvalue weighted by atomic mass is 16.7. The van der Waals surface area contributed by atoms with Crippen molar-refractivity contribution in [3.8, 4) is 0 Å². The summed E-state index contributed by atoms with van der Waals surface area (Å²) in [7, 11) is 0. The highest BCUT2D eigenvalue weighted by Crippen LogP contribution is 2.30. The van der Waals surface area contributed by atoms with Crippen LogP contribution in [0.15, 0.2) is 0 Å². The molecule has 3 rings (SSSR count). The lowest BCUT2D eigenvalue weighted by Crippen LogP contribution is -2.69. The maximum Gasteiger partial charge on any atom is 0.176 e. The quantitative estimate of drug-likeness (QED) is 0.154. The molecule has 16 heteroatoms. The molecule has 0 spiro atoms. The lowest BCUT2D eigenvalue weighted by molar-refractivity contribution is -0.348. The Morgan fingerprint density at radius 1 is 0.529 bits per heavy atom. The molecule has 3 heterocycles. The summed E-state index contributed by atoms with van der Waals surface area (Å²) in [5.74, 6) is 0. The number of aliphatic hydroxyl groups excluding tert-OH is 8. The van der Waals surface area contributed by atoms with Crippen molar-refractivity contribution in [3.63, 3.8) is 0 Å². The summed E-state index contributed by atoms with van der Waals surface area (Å²) in [5, 5.41) is 79.6. The van der Waals surface area contributed by atoms with E-state index in [0.717, 1.165) is 0 Å². The predicted molar refractivity (Wildman–Crippen MR) is 107 cm³/mol. The Bertz CT molecular complexity index is 646. The maximum atomic E-state index is 10.8. The lowest BCUT2D eigenvalue weighted by Gasteiger charge is -2.48. The third kappa shape index (κ3) is 5.37. The molecule has 34 heavy (non-hydrogen) atoms.